The van der Waals surface area contributed by atoms with Crippen molar-refractivity contribution in [2.24, 2.45) is 5.92 Å². The fourth-order valence-electron chi connectivity index (χ4n) is 7.13. The number of nitrogens with one attached hydrogen (secondary N) is 4. The number of carbonyl (C=O) groups is 3. The minimum atomic E-state index is -0.316. The van der Waals surface area contributed by atoms with Crippen LogP contribution in [-0.4, -0.2) is 55.6 Å². The molecule has 2 atom stereocenters. The predicted molar refractivity (Wildman–Crippen MR) is 195 cm³/mol. The number of hydrogen-bond donors (Lipinski definition) is 4. The largest absolute Gasteiger partial charge is 0.494 e. The van der Waals surface area contributed by atoms with Gasteiger partial charge < -0.3 is 20.4 Å². The summed E-state index contributed by atoms with van der Waals surface area (Å²) in [5.41, 5.74) is 4.43. The summed E-state index contributed by atoms with van der Waals surface area (Å²) in [7, 11) is 0. The van der Waals surface area contributed by atoms with Crippen LogP contribution < -0.4 is 20.7 Å². The van der Waals surface area contributed by atoms with Gasteiger partial charge in [-0.2, -0.15) is 15.3 Å². The lowest BCUT2D eigenvalue weighted by atomic mass is 9.90. The molecule has 2 fully saturated rings. The van der Waals surface area contributed by atoms with Crippen molar-refractivity contribution in [1.82, 2.24) is 35.4 Å². The van der Waals surface area contributed by atoms with E-state index in [1.54, 1.807) is 12.1 Å². The zero-order valence-corrected chi connectivity index (χ0v) is 28.8. The lowest BCUT2D eigenvalue weighted by Crippen LogP contribution is -2.39. The van der Waals surface area contributed by atoms with Crippen LogP contribution in [0.2, 0.25) is 0 Å². The molecule has 1 aliphatic heterocycles. The molecule has 52 heavy (non-hydrogen) atoms. The molecule has 0 bridgehead atoms. The monoisotopic (exact) mass is 699 g/mol. The van der Waals surface area contributed by atoms with Crippen molar-refractivity contribution in [3.8, 4) is 23.1 Å². The molecular weight excluding hydrogens is 658 g/mol. The van der Waals surface area contributed by atoms with Gasteiger partial charge in [-0.15, -0.1) is 0 Å². The number of fused-ring (bicyclic) bond motifs is 1. The van der Waals surface area contributed by atoms with E-state index in [2.05, 4.69) is 37.1 Å². The van der Waals surface area contributed by atoms with Crippen LogP contribution in [0, 0.1) is 17.2 Å². The van der Waals surface area contributed by atoms with Crippen LogP contribution in [-0.2, 0) is 9.59 Å². The number of piperidine rings is 1. The van der Waals surface area contributed by atoms with Crippen molar-refractivity contribution in [1.29, 1.82) is 5.26 Å². The Balaban J connectivity index is 0.891. The molecule has 3 aromatic heterocycles. The first-order valence-corrected chi connectivity index (χ1v) is 17.9. The number of ether oxygens (including phenoxy) is 1. The average molecular weight is 700 g/mol. The standard InChI is InChI=1S/C39H41N9O4/c40-19-17-33(26-5-1-2-6-26)48-24-28(23-43-48)35-32-18-21-41-36(32)47-39(46-35)44-29-11-7-27(8-12-29)37(50)42-20-3-4-22-52-30-13-9-25(10-14-30)31-15-16-34(49)45-38(31)51/h7-14,18,21,23-24,26,31,33H,1-6,15-17,20,22H2,(H,42,50)(H,45,49,51)(H2,41,44,46,47)/t31?,33-/m1/s1. The average Bonchev–Trinajstić information content (AvgIpc) is 3.96. The number of unbranched alkanes of at least 4 members (excludes halogenated alkanes) is 1. The molecule has 7 rings (SSSR count). The van der Waals surface area contributed by atoms with Crippen molar-refractivity contribution >= 4 is 40.4 Å². The van der Waals surface area contributed by atoms with Crippen LogP contribution in [0.15, 0.2) is 73.2 Å². The molecule has 4 N–H and O–H groups in total. The number of aromatic amines is 1. The molecule has 3 amide bonds. The van der Waals surface area contributed by atoms with E-state index >= 15 is 0 Å². The van der Waals surface area contributed by atoms with Gasteiger partial charge in [0.25, 0.3) is 5.91 Å². The highest BCUT2D eigenvalue weighted by molar-refractivity contribution is 6.01. The number of amides is 3. The van der Waals surface area contributed by atoms with E-state index in [1.165, 1.54) is 12.8 Å². The Kier molecular flexibility index (Phi) is 10.5. The molecule has 2 aliphatic rings. The Morgan fingerprint density at radius 1 is 1.02 bits per heavy atom. The van der Waals surface area contributed by atoms with Crippen molar-refractivity contribution in [2.45, 2.75) is 69.7 Å². The Bertz CT molecular complexity index is 2080. The summed E-state index contributed by atoms with van der Waals surface area (Å²) in [6.45, 7) is 1.01. The van der Waals surface area contributed by atoms with E-state index < -0.39 is 0 Å². The molecule has 1 saturated heterocycles. The number of carbonyl (C=O) groups excluding carboxylic acids is 3. The van der Waals surface area contributed by atoms with Crippen molar-refractivity contribution in [3.63, 3.8) is 0 Å². The lowest BCUT2D eigenvalue weighted by molar-refractivity contribution is -0.134. The zero-order chi connectivity index (χ0) is 35.9. The van der Waals surface area contributed by atoms with Crippen molar-refractivity contribution in [3.05, 3.63) is 84.3 Å². The topological polar surface area (TPSA) is 180 Å². The summed E-state index contributed by atoms with van der Waals surface area (Å²) in [5, 5.41) is 23.7. The maximum Gasteiger partial charge on any atom is 0.251 e. The fraction of sp³-hybridized carbons (Fsp3) is 0.359. The van der Waals surface area contributed by atoms with Crippen LogP contribution in [0.5, 0.6) is 5.75 Å². The van der Waals surface area contributed by atoms with Gasteiger partial charge in [0.15, 0.2) is 0 Å². The summed E-state index contributed by atoms with van der Waals surface area (Å²) in [5.74, 6) is 0.620. The quantitative estimate of drug-likeness (QED) is 0.0762. The van der Waals surface area contributed by atoms with Gasteiger partial charge in [-0.1, -0.05) is 25.0 Å². The first kappa shape index (κ1) is 34.4. The highest BCUT2D eigenvalue weighted by atomic mass is 16.5. The summed E-state index contributed by atoms with van der Waals surface area (Å²) < 4.78 is 7.77. The Labute approximate surface area is 301 Å². The first-order valence-electron chi connectivity index (χ1n) is 17.9. The number of hydrogen-bond acceptors (Lipinski definition) is 9. The molecule has 4 heterocycles. The maximum atomic E-state index is 12.8. The van der Waals surface area contributed by atoms with E-state index in [1.807, 2.05) is 65.7 Å². The second-order valence-corrected chi connectivity index (χ2v) is 13.4. The van der Waals surface area contributed by atoms with Gasteiger partial charge >= 0.3 is 0 Å². The third-order valence-electron chi connectivity index (χ3n) is 9.93. The number of aromatic nitrogens is 5. The summed E-state index contributed by atoms with van der Waals surface area (Å²) in [6, 6.07) is 18.9. The smallest absolute Gasteiger partial charge is 0.251 e. The van der Waals surface area contributed by atoms with Gasteiger partial charge in [0.05, 0.1) is 42.9 Å². The van der Waals surface area contributed by atoms with Crippen molar-refractivity contribution < 1.29 is 19.1 Å². The second-order valence-electron chi connectivity index (χ2n) is 13.4. The lowest BCUT2D eigenvalue weighted by Gasteiger charge is -2.21. The van der Waals surface area contributed by atoms with Crippen LogP contribution >= 0.6 is 0 Å². The molecular formula is C39H41N9O4. The Morgan fingerprint density at radius 3 is 2.60 bits per heavy atom. The SMILES string of the molecule is N#CC[C@H](C1CCCC1)n1cc(-c2nc(Nc3ccc(C(=O)NCCCCOc4ccc(C5CCC(=O)NC5=O)cc4)cc3)nc3[nH]ccc23)cn1. The number of benzene rings is 2. The fourth-order valence-corrected chi connectivity index (χ4v) is 7.13. The molecule has 0 spiro atoms. The molecule has 1 aliphatic carbocycles. The second kappa shape index (κ2) is 15.9. The third kappa shape index (κ3) is 7.96. The zero-order valence-electron chi connectivity index (χ0n) is 28.8. The van der Waals surface area contributed by atoms with Gasteiger partial charge in [0.1, 0.15) is 11.4 Å². The number of imide groups is 1. The third-order valence-corrected chi connectivity index (χ3v) is 9.93. The highest BCUT2D eigenvalue weighted by Gasteiger charge is 2.29. The number of nitrogens with zero attached hydrogens (tertiary/aromatic N) is 5. The molecule has 13 nitrogen and oxygen atoms in total. The number of anilines is 2. The molecule has 0 radical (unpaired) electrons. The van der Waals surface area contributed by atoms with Crippen LogP contribution in [0.25, 0.3) is 22.3 Å². The Hall–Kier alpha value is -6.03. The van der Waals surface area contributed by atoms with Crippen LogP contribution in [0.4, 0.5) is 11.6 Å². The maximum absolute atomic E-state index is 12.8. The van der Waals surface area contributed by atoms with Gasteiger partial charge in [0, 0.05) is 47.6 Å². The predicted octanol–water partition coefficient (Wildman–Crippen LogP) is 6.32. The normalized spacial score (nSPS) is 16.7. The van der Waals surface area contributed by atoms with E-state index in [4.69, 9.17) is 9.72 Å². The van der Waals surface area contributed by atoms with E-state index in [-0.39, 0.29) is 29.7 Å². The van der Waals surface area contributed by atoms with E-state index in [0.29, 0.717) is 61.2 Å². The van der Waals surface area contributed by atoms with Gasteiger partial charge in [-0.3, -0.25) is 24.4 Å². The minimum absolute atomic E-state index is 0.0529. The molecule has 266 valence electrons. The van der Waals surface area contributed by atoms with Gasteiger partial charge in [-0.05, 0) is 86.1 Å². The number of nitriles is 1. The highest BCUT2D eigenvalue weighted by Crippen LogP contribution is 2.37. The minimum Gasteiger partial charge on any atom is -0.494 e. The summed E-state index contributed by atoms with van der Waals surface area (Å²) in [4.78, 5) is 49.0. The van der Waals surface area contributed by atoms with Crippen molar-refractivity contribution in [2.75, 3.05) is 18.5 Å². The molecule has 1 saturated carbocycles. The number of rotatable bonds is 14. The summed E-state index contributed by atoms with van der Waals surface area (Å²) in [6.07, 6.45) is 13.1. The van der Waals surface area contributed by atoms with E-state index in [9.17, 15) is 19.6 Å². The molecule has 5 aromatic rings. The number of H-pyrrole nitrogens is 1. The molecule has 1 unspecified atom stereocenters. The first-order chi connectivity index (χ1) is 25.4. The van der Waals surface area contributed by atoms with Crippen LogP contribution in [0.1, 0.15) is 85.7 Å². The van der Waals surface area contributed by atoms with Gasteiger partial charge in [-0.25, -0.2) is 4.98 Å². The molecule has 13 heteroatoms. The Morgan fingerprint density at radius 2 is 1.83 bits per heavy atom. The molecule has 2 aromatic carbocycles. The van der Waals surface area contributed by atoms with Crippen LogP contribution in [0.3, 0.4) is 0 Å². The van der Waals surface area contributed by atoms with Gasteiger partial charge in [0.2, 0.25) is 17.8 Å². The summed E-state index contributed by atoms with van der Waals surface area (Å²) >= 11 is 0. The van der Waals surface area contributed by atoms with E-state index in [0.717, 1.165) is 53.6 Å².